The molecule has 1 heterocycles. The number of furan rings is 1. The molecular formula is C22H16BrN3O5. The number of nitro benzene ring substituents is 1. The largest absolute Gasteiger partial charge is 0.494 e. The zero-order chi connectivity index (χ0) is 22.4. The molecule has 0 aliphatic rings. The van der Waals surface area contributed by atoms with Gasteiger partial charge >= 0.3 is 0 Å². The molecule has 3 rings (SSSR count). The molecule has 0 aliphatic carbocycles. The molecule has 0 radical (unpaired) electrons. The van der Waals surface area contributed by atoms with Gasteiger partial charge in [0.05, 0.1) is 11.5 Å². The molecule has 9 heteroatoms. The van der Waals surface area contributed by atoms with Crippen LogP contribution in [0.3, 0.4) is 0 Å². The first-order chi connectivity index (χ1) is 14.9. The SMILES string of the molecule is CCOc1cccc(NC(=O)/C(C#N)=C\c2ccc(-c3ccc([N+](=O)[O-])cc3Br)o2)c1. The standard InChI is InChI=1S/C22H16BrN3O5/c1-2-30-17-5-3-4-15(11-17)25-22(27)14(13-24)10-18-7-9-21(31-18)19-8-6-16(26(28)29)12-20(19)23/h3-12H,2H2,1H3,(H,25,27)/b14-10-. The molecule has 3 aromatic rings. The van der Waals surface area contributed by atoms with Crippen LogP contribution in [-0.2, 0) is 4.79 Å². The molecule has 8 nitrogen and oxygen atoms in total. The number of ether oxygens (including phenoxy) is 1. The molecule has 1 aromatic heterocycles. The predicted molar refractivity (Wildman–Crippen MR) is 118 cm³/mol. The molecule has 0 bridgehead atoms. The number of amides is 1. The Kier molecular flexibility index (Phi) is 6.85. The number of nitro groups is 1. The molecule has 1 amide bonds. The lowest BCUT2D eigenvalue weighted by Gasteiger charge is -2.07. The number of hydrogen-bond donors (Lipinski definition) is 1. The highest BCUT2D eigenvalue weighted by Gasteiger charge is 2.15. The van der Waals surface area contributed by atoms with E-state index in [0.29, 0.717) is 33.8 Å². The molecule has 0 spiro atoms. The molecule has 31 heavy (non-hydrogen) atoms. The number of non-ortho nitro benzene ring substituents is 1. The van der Waals surface area contributed by atoms with Crippen LogP contribution < -0.4 is 10.1 Å². The lowest BCUT2D eigenvalue weighted by atomic mass is 10.1. The first-order valence-corrected chi connectivity index (χ1v) is 9.90. The lowest BCUT2D eigenvalue weighted by molar-refractivity contribution is -0.384. The maximum Gasteiger partial charge on any atom is 0.270 e. The van der Waals surface area contributed by atoms with Crippen molar-refractivity contribution >= 4 is 39.3 Å². The number of carbonyl (C=O) groups is 1. The zero-order valence-corrected chi connectivity index (χ0v) is 17.9. The van der Waals surface area contributed by atoms with Crippen LogP contribution in [0.25, 0.3) is 17.4 Å². The molecule has 2 aromatic carbocycles. The summed E-state index contributed by atoms with van der Waals surface area (Å²) in [6.45, 7) is 2.35. The minimum Gasteiger partial charge on any atom is -0.494 e. The van der Waals surface area contributed by atoms with E-state index in [1.54, 1.807) is 42.5 Å². The van der Waals surface area contributed by atoms with Crippen LogP contribution in [0.1, 0.15) is 12.7 Å². The molecule has 0 saturated heterocycles. The van der Waals surface area contributed by atoms with Crippen LogP contribution in [-0.4, -0.2) is 17.4 Å². The Hall–Kier alpha value is -3.90. The van der Waals surface area contributed by atoms with Gasteiger partial charge in [-0.15, -0.1) is 0 Å². The fraction of sp³-hybridized carbons (Fsp3) is 0.0909. The van der Waals surface area contributed by atoms with E-state index in [2.05, 4.69) is 21.2 Å². The van der Waals surface area contributed by atoms with Gasteiger partial charge in [-0.2, -0.15) is 5.26 Å². The van der Waals surface area contributed by atoms with Gasteiger partial charge in [-0.1, -0.05) is 6.07 Å². The van der Waals surface area contributed by atoms with Crippen molar-refractivity contribution in [2.45, 2.75) is 6.92 Å². The van der Waals surface area contributed by atoms with Gasteiger partial charge in [0.1, 0.15) is 28.9 Å². The summed E-state index contributed by atoms with van der Waals surface area (Å²) >= 11 is 3.30. The number of halogens is 1. The van der Waals surface area contributed by atoms with E-state index in [-0.39, 0.29) is 17.0 Å². The third-order valence-electron chi connectivity index (χ3n) is 4.11. The highest BCUT2D eigenvalue weighted by atomic mass is 79.9. The number of nitrogens with one attached hydrogen (secondary N) is 1. The average molecular weight is 482 g/mol. The van der Waals surface area contributed by atoms with Gasteiger partial charge in [-0.3, -0.25) is 14.9 Å². The van der Waals surface area contributed by atoms with Gasteiger partial charge in [-0.05, 0) is 53.2 Å². The summed E-state index contributed by atoms with van der Waals surface area (Å²) in [6.07, 6.45) is 1.32. The fourth-order valence-corrected chi connectivity index (χ4v) is 3.27. The van der Waals surface area contributed by atoms with Crippen LogP contribution >= 0.6 is 15.9 Å². The van der Waals surface area contributed by atoms with Crippen molar-refractivity contribution in [1.82, 2.24) is 0 Å². The first kappa shape index (κ1) is 21.8. The quantitative estimate of drug-likeness (QED) is 0.204. The molecule has 1 N–H and O–H groups in total. The maximum atomic E-state index is 12.5. The zero-order valence-electron chi connectivity index (χ0n) is 16.3. The van der Waals surface area contributed by atoms with E-state index in [1.165, 1.54) is 18.2 Å². The summed E-state index contributed by atoms with van der Waals surface area (Å²) in [5, 5.41) is 22.9. The first-order valence-electron chi connectivity index (χ1n) is 9.11. The summed E-state index contributed by atoms with van der Waals surface area (Å²) in [4.78, 5) is 22.9. The van der Waals surface area contributed by atoms with Crippen LogP contribution in [0.5, 0.6) is 5.75 Å². The summed E-state index contributed by atoms with van der Waals surface area (Å²) in [5.74, 6) is 0.725. The Labute approximate surface area is 186 Å². The topological polar surface area (TPSA) is 118 Å². The van der Waals surface area contributed by atoms with Gasteiger partial charge in [0.2, 0.25) is 0 Å². The average Bonchev–Trinajstić information content (AvgIpc) is 3.20. The molecule has 0 unspecified atom stereocenters. The maximum absolute atomic E-state index is 12.5. The second-order valence-electron chi connectivity index (χ2n) is 6.21. The minimum absolute atomic E-state index is 0.0563. The third kappa shape index (κ3) is 5.38. The molecule has 0 fully saturated rings. The van der Waals surface area contributed by atoms with Crippen molar-refractivity contribution in [2.75, 3.05) is 11.9 Å². The predicted octanol–water partition coefficient (Wildman–Crippen LogP) is 5.56. The number of nitrogens with zero attached hydrogens (tertiary/aromatic N) is 2. The monoisotopic (exact) mass is 481 g/mol. The normalized spacial score (nSPS) is 10.9. The van der Waals surface area contributed by atoms with Crippen molar-refractivity contribution in [3.05, 3.63) is 80.5 Å². The van der Waals surface area contributed by atoms with E-state index in [4.69, 9.17) is 9.15 Å². The van der Waals surface area contributed by atoms with Gasteiger partial charge in [0.15, 0.2) is 0 Å². The summed E-state index contributed by atoms with van der Waals surface area (Å²) < 4.78 is 11.6. The van der Waals surface area contributed by atoms with Crippen molar-refractivity contribution < 1.29 is 18.9 Å². The molecule has 0 atom stereocenters. The van der Waals surface area contributed by atoms with Crippen molar-refractivity contribution in [3.63, 3.8) is 0 Å². The van der Waals surface area contributed by atoms with E-state index >= 15 is 0 Å². The highest BCUT2D eigenvalue weighted by molar-refractivity contribution is 9.10. The fourth-order valence-electron chi connectivity index (χ4n) is 2.71. The summed E-state index contributed by atoms with van der Waals surface area (Å²) in [6, 6.07) is 16.2. The Balaban J connectivity index is 1.80. The summed E-state index contributed by atoms with van der Waals surface area (Å²) in [7, 11) is 0. The lowest BCUT2D eigenvalue weighted by Crippen LogP contribution is -2.13. The Bertz CT molecular complexity index is 1210. The molecule has 156 valence electrons. The van der Waals surface area contributed by atoms with Gasteiger partial charge in [0, 0.05) is 40.0 Å². The Morgan fingerprint density at radius 1 is 1.29 bits per heavy atom. The highest BCUT2D eigenvalue weighted by Crippen LogP contribution is 2.33. The van der Waals surface area contributed by atoms with Crippen LogP contribution in [0.4, 0.5) is 11.4 Å². The number of carbonyl (C=O) groups excluding carboxylic acids is 1. The number of benzene rings is 2. The van der Waals surface area contributed by atoms with Crippen LogP contribution in [0.2, 0.25) is 0 Å². The molecule has 0 saturated carbocycles. The van der Waals surface area contributed by atoms with Crippen LogP contribution in [0.15, 0.2) is 69.1 Å². The van der Waals surface area contributed by atoms with Gasteiger partial charge in [-0.25, -0.2) is 0 Å². The number of rotatable bonds is 7. The van der Waals surface area contributed by atoms with Gasteiger partial charge in [0.25, 0.3) is 11.6 Å². The van der Waals surface area contributed by atoms with Crippen molar-refractivity contribution in [3.8, 4) is 23.1 Å². The van der Waals surface area contributed by atoms with E-state index in [9.17, 15) is 20.2 Å². The number of nitriles is 1. The molecule has 0 aliphatic heterocycles. The third-order valence-corrected chi connectivity index (χ3v) is 4.77. The van der Waals surface area contributed by atoms with Gasteiger partial charge < -0.3 is 14.5 Å². The number of anilines is 1. The second-order valence-corrected chi connectivity index (χ2v) is 7.06. The van der Waals surface area contributed by atoms with Crippen molar-refractivity contribution in [2.24, 2.45) is 0 Å². The van der Waals surface area contributed by atoms with E-state index in [1.807, 2.05) is 13.0 Å². The number of hydrogen-bond acceptors (Lipinski definition) is 6. The van der Waals surface area contributed by atoms with E-state index in [0.717, 1.165) is 0 Å². The van der Waals surface area contributed by atoms with E-state index < -0.39 is 10.8 Å². The smallest absolute Gasteiger partial charge is 0.270 e. The Morgan fingerprint density at radius 3 is 2.77 bits per heavy atom. The summed E-state index contributed by atoms with van der Waals surface area (Å²) in [5.41, 5.74) is 0.887. The van der Waals surface area contributed by atoms with Crippen LogP contribution in [0, 0.1) is 21.4 Å². The Morgan fingerprint density at radius 2 is 2.10 bits per heavy atom. The minimum atomic E-state index is -0.592. The van der Waals surface area contributed by atoms with Crippen molar-refractivity contribution in [1.29, 1.82) is 5.26 Å². The second kappa shape index (κ2) is 9.73. The molecular weight excluding hydrogens is 466 g/mol.